The van der Waals surface area contributed by atoms with Gasteiger partial charge in [-0.1, -0.05) is 200 Å². The van der Waals surface area contributed by atoms with E-state index in [9.17, 15) is 0 Å². The van der Waals surface area contributed by atoms with Crippen molar-refractivity contribution >= 4 is 43.9 Å². The molecule has 4 heteroatoms. The van der Waals surface area contributed by atoms with Crippen LogP contribution >= 0.6 is 0 Å². The monoisotopic (exact) mass is 880 g/mol. The van der Waals surface area contributed by atoms with E-state index in [1.165, 1.54) is 33.4 Å². The van der Waals surface area contributed by atoms with E-state index in [2.05, 4.69) is 218 Å². The topological polar surface area (TPSA) is 52.1 Å². The fourth-order valence-corrected chi connectivity index (χ4v) is 11.0. The van der Waals surface area contributed by atoms with Crippen LogP contribution in [0.1, 0.15) is 22.3 Å². The van der Waals surface area contributed by atoms with Gasteiger partial charge < -0.3 is 8.83 Å². The van der Waals surface area contributed by atoms with Crippen LogP contribution < -0.4 is 0 Å². The maximum Gasteiger partial charge on any atom is 0.160 e. The molecule has 0 radical (unpaired) electrons. The molecule has 1 aliphatic rings. The van der Waals surface area contributed by atoms with Gasteiger partial charge in [0.2, 0.25) is 0 Å². The van der Waals surface area contributed by atoms with E-state index in [0.717, 1.165) is 94.2 Å². The molecule has 69 heavy (non-hydrogen) atoms. The lowest BCUT2D eigenvalue weighted by Crippen LogP contribution is -2.28. The number of nitrogens with zero attached hydrogens (tertiary/aromatic N) is 2. The Morgan fingerprint density at radius 3 is 1.62 bits per heavy atom. The number of benzene rings is 10. The van der Waals surface area contributed by atoms with Crippen molar-refractivity contribution in [3.05, 3.63) is 265 Å². The summed E-state index contributed by atoms with van der Waals surface area (Å²) in [5.41, 5.74) is 19.3. The second-order valence-electron chi connectivity index (χ2n) is 18.0. The highest BCUT2D eigenvalue weighted by Crippen LogP contribution is 2.56. The van der Waals surface area contributed by atoms with Crippen molar-refractivity contribution in [2.24, 2.45) is 0 Å². The number of fused-ring (bicyclic) bond motifs is 9. The minimum absolute atomic E-state index is 0.545. The number of para-hydroxylation sites is 3. The van der Waals surface area contributed by atoms with E-state index in [1.54, 1.807) is 0 Å². The number of furan rings is 2. The van der Waals surface area contributed by atoms with Gasteiger partial charge in [-0.2, -0.15) is 0 Å². The normalized spacial score (nSPS) is 12.8. The summed E-state index contributed by atoms with van der Waals surface area (Å²) in [6, 6.07) is 86.4. The average molecular weight is 881 g/mol. The van der Waals surface area contributed by atoms with E-state index in [0.29, 0.717) is 5.82 Å². The van der Waals surface area contributed by atoms with Gasteiger partial charge in [-0.3, -0.25) is 0 Å². The van der Waals surface area contributed by atoms with Crippen LogP contribution in [0.5, 0.6) is 0 Å². The number of hydrogen-bond acceptors (Lipinski definition) is 4. The first-order valence-electron chi connectivity index (χ1n) is 23.5. The predicted molar refractivity (Wildman–Crippen MR) is 281 cm³/mol. The summed E-state index contributed by atoms with van der Waals surface area (Å²) in [5.74, 6) is 0.642. The van der Waals surface area contributed by atoms with Crippen LogP contribution in [-0.2, 0) is 5.41 Å². The third-order valence-corrected chi connectivity index (χ3v) is 14.2. The van der Waals surface area contributed by atoms with Gasteiger partial charge in [0.15, 0.2) is 5.82 Å². The van der Waals surface area contributed by atoms with Crippen LogP contribution in [0.3, 0.4) is 0 Å². The summed E-state index contributed by atoms with van der Waals surface area (Å²) in [6.07, 6.45) is 0. The zero-order valence-corrected chi connectivity index (χ0v) is 37.3. The SMILES string of the molecule is c1ccc(C2(c3ccccc3)c3ccccc3-c3ccc(-c4cc(-c5ccc(-c6ccc7oc8ccccc8c7c6)cc5)nc(-c5cccc(-c6cccc7c6oc6ccccc67)c5)n4)cc32)cc1. The third kappa shape index (κ3) is 6.16. The fraction of sp³-hybridized carbons (Fsp3) is 0.0154. The van der Waals surface area contributed by atoms with Gasteiger partial charge in [-0.25, -0.2) is 9.97 Å². The smallest absolute Gasteiger partial charge is 0.160 e. The molecular weight excluding hydrogens is 841 g/mol. The zero-order valence-electron chi connectivity index (χ0n) is 37.3. The van der Waals surface area contributed by atoms with Gasteiger partial charge in [-0.05, 0) is 92.5 Å². The van der Waals surface area contributed by atoms with Gasteiger partial charge >= 0.3 is 0 Å². The van der Waals surface area contributed by atoms with Gasteiger partial charge in [0.25, 0.3) is 0 Å². The summed E-state index contributed by atoms with van der Waals surface area (Å²) in [6.45, 7) is 0. The molecule has 0 saturated heterocycles. The first-order chi connectivity index (χ1) is 34.2. The first-order valence-corrected chi connectivity index (χ1v) is 23.5. The van der Waals surface area contributed by atoms with Crippen molar-refractivity contribution in [3.8, 4) is 67.3 Å². The highest BCUT2D eigenvalue weighted by molar-refractivity contribution is 6.10. The first kappa shape index (κ1) is 39.1. The Balaban J connectivity index is 0.943. The average Bonchev–Trinajstić information content (AvgIpc) is 4.09. The van der Waals surface area contributed by atoms with E-state index in [-0.39, 0.29) is 0 Å². The van der Waals surface area contributed by atoms with Gasteiger partial charge in [0, 0.05) is 43.8 Å². The van der Waals surface area contributed by atoms with Crippen molar-refractivity contribution < 1.29 is 8.83 Å². The van der Waals surface area contributed by atoms with E-state index >= 15 is 0 Å². The minimum Gasteiger partial charge on any atom is -0.456 e. The van der Waals surface area contributed by atoms with Crippen LogP contribution in [0.2, 0.25) is 0 Å². The minimum atomic E-state index is -0.545. The molecule has 3 aromatic heterocycles. The second-order valence-corrected chi connectivity index (χ2v) is 18.0. The van der Waals surface area contributed by atoms with E-state index in [4.69, 9.17) is 18.8 Å². The lowest BCUT2D eigenvalue weighted by Gasteiger charge is -2.34. The van der Waals surface area contributed by atoms with Crippen molar-refractivity contribution in [2.45, 2.75) is 5.41 Å². The fourth-order valence-electron chi connectivity index (χ4n) is 11.0. The van der Waals surface area contributed by atoms with Crippen molar-refractivity contribution in [1.29, 1.82) is 0 Å². The van der Waals surface area contributed by atoms with Crippen molar-refractivity contribution in [2.75, 3.05) is 0 Å². The molecule has 0 amide bonds. The standard InChI is InChI=1S/C65H40N2O2/c1-3-17-47(18-4-1)65(48-19-5-2-6-20-48)56-26-10-7-21-50(56)51-35-33-45(39-57(51)65)59-40-58(42-31-29-41(30-32-42)43-34-36-62-55(38-43)53-23-9-11-27-60(53)68-62)66-64(67-59)46-16-13-15-44(37-46)49-24-14-25-54-52-22-8-12-28-61(52)69-63(49)54/h1-40H. The molecular formula is C65H40N2O2. The Kier molecular flexibility index (Phi) is 8.77. The maximum absolute atomic E-state index is 6.52. The lowest BCUT2D eigenvalue weighted by atomic mass is 9.67. The molecule has 0 atom stereocenters. The molecule has 1 aliphatic carbocycles. The second kappa shape index (κ2) is 15.5. The highest BCUT2D eigenvalue weighted by Gasteiger charge is 2.46. The number of hydrogen-bond donors (Lipinski definition) is 0. The summed E-state index contributed by atoms with van der Waals surface area (Å²) >= 11 is 0. The maximum atomic E-state index is 6.52. The van der Waals surface area contributed by atoms with Gasteiger partial charge in [0.05, 0.1) is 16.8 Å². The number of rotatable bonds is 7. The summed E-state index contributed by atoms with van der Waals surface area (Å²) in [4.78, 5) is 10.9. The van der Waals surface area contributed by atoms with Crippen molar-refractivity contribution in [1.82, 2.24) is 9.97 Å². The van der Waals surface area contributed by atoms with Crippen LogP contribution in [0.4, 0.5) is 0 Å². The lowest BCUT2D eigenvalue weighted by molar-refractivity contribution is 0.669. The molecule has 0 fully saturated rings. The van der Waals surface area contributed by atoms with Crippen LogP contribution in [0.25, 0.3) is 111 Å². The Morgan fingerprint density at radius 2 is 0.841 bits per heavy atom. The van der Waals surface area contributed by atoms with Crippen LogP contribution in [-0.4, -0.2) is 9.97 Å². The molecule has 10 aromatic carbocycles. The van der Waals surface area contributed by atoms with Gasteiger partial charge in [0.1, 0.15) is 22.3 Å². The van der Waals surface area contributed by atoms with Crippen molar-refractivity contribution in [3.63, 3.8) is 0 Å². The van der Waals surface area contributed by atoms with Gasteiger partial charge in [-0.15, -0.1) is 0 Å². The molecule has 14 rings (SSSR count). The Labute approximate surface area is 398 Å². The number of aromatic nitrogens is 2. The molecule has 3 heterocycles. The van der Waals surface area contributed by atoms with E-state index < -0.39 is 5.41 Å². The van der Waals surface area contributed by atoms with Crippen LogP contribution in [0, 0.1) is 0 Å². The summed E-state index contributed by atoms with van der Waals surface area (Å²) in [5, 5.41) is 4.42. The summed E-state index contributed by atoms with van der Waals surface area (Å²) in [7, 11) is 0. The molecule has 0 bridgehead atoms. The molecule has 0 unspecified atom stereocenters. The Morgan fingerprint density at radius 1 is 0.290 bits per heavy atom. The largest absolute Gasteiger partial charge is 0.456 e. The van der Waals surface area contributed by atoms with E-state index in [1.807, 2.05) is 24.3 Å². The molecule has 0 saturated carbocycles. The molecule has 322 valence electrons. The summed E-state index contributed by atoms with van der Waals surface area (Å²) < 4.78 is 12.7. The molecule has 13 aromatic rings. The van der Waals surface area contributed by atoms with Crippen LogP contribution in [0.15, 0.2) is 251 Å². The Bertz CT molecular complexity index is 4090. The molecule has 4 nitrogen and oxygen atoms in total. The highest BCUT2D eigenvalue weighted by atomic mass is 16.3. The molecule has 0 spiro atoms. The predicted octanol–water partition coefficient (Wildman–Crippen LogP) is 17.0. The zero-order chi connectivity index (χ0) is 45.5. The quantitative estimate of drug-likeness (QED) is 0.160. The molecule has 0 aliphatic heterocycles. The molecule has 0 N–H and O–H groups in total. The third-order valence-electron chi connectivity index (χ3n) is 14.2. The Hall–Kier alpha value is -9.12.